The van der Waals surface area contributed by atoms with Gasteiger partial charge in [-0.3, -0.25) is 9.59 Å². The molecule has 5 rings (SSSR count). The van der Waals surface area contributed by atoms with Crippen LogP contribution in [0, 0.1) is 11.7 Å². The van der Waals surface area contributed by atoms with E-state index in [4.69, 9.17) is 9.15 Å². The first-order valence-electron chi connectivity index (χ1n) is 13.6. The Morgan fingerprint density at radius 2 is 1.80 bits per heavy atom. The summed E-state index contributed by atoms with van der Waals surface area (Å²) in [6, 6.07) is 17.0. The van der Waals surface area contributed by atoms with E-state index in [1.807, 2.05) is 35.0 Å². The van der Waals surface area contributed by atoms with Crippen molar-refractivity contribution in [3.63, 3.8) is 0 Å². The molecule has 0 aliphatic heterocycles. The van der Waals surface area contributed by atoms with Gasteiger partial charge < -0.3 is 19.0 Å². The van der Waals surface area contributed by atoms with Gasteiger partial charge in [-0.15, -0.1) is 0 Å². The summed E-state index contributed by atoms with van der Waals surface area (Å²) in [5, 5.41) is 3.30. The predicted octanol–water partition coefficient (Wildman–Crippen LogP) is 7.16. The number of furan rings is 1. The van der Waals surface area contributed by atoms with Gasteiger partial charge in [0.2, 0.25) is 0 Å². The minimum Gasteiger partial charge on any atom is -0.492 e. The normalized spacial score (nSPS) is 11.2. The lowest BCUT2D eigenvalue weighted by molar-refractivity contribution is 0.0960. The van der Waals surface area contributed by atoms with Crippen LogP contribution in [0.1, 0.15) is 47.4 Å². The van der Waals surface area contributed by atoms with Gasteiger partial charge in [-0.1, -0.05) is 19.9 Å². The van der Waals surface area contributed by atoms with E-state index in [2.05, 4.69) is 24.1 Å². The Kier molecular flexibility index (Phi) is 8.29. The largest absolute Gasteiger partial charge is 0.492 e. The number of Topliss-reactive ketones (excluding diaryl/α,β-unsaturated/α-hetero) is 1. The maximum absolute atomic E-state index is 13.6. The number of hydrogen-bond acceptors (Lipinski definition) is 5. The van der Waals surface area contributed by atoms with Gasteiger partial charge in [0.1, 0.15) is 29.5 Å². The van der Waals surface area contributed by atoms with Crippen molar-refractivity contribution in [2.45, 2.75) is 33.2 Å². The van der Waals surface area contributed by atoms with Gasteiger partial charge in [0.15, 0.2) is 5.78 Å². The van der Waals surface area contributed by atoms with Crippen LogP contribution in [-0.2, 0) is 6.54 Å². The third-order valence-corrected chi connectivity index (χ3v) is 6.94. The molecular weight excluding hydrogens is 521 g/mol. The second-order valence-electron chi connectivity index (χ2n) is 10.4. The first-order valence-corrected chi connectivity index (χ1v) is 13.6. The van der Waals surface area contributed by atoms with Crippen molar-refractivity contribution in [1.29, 1.82) is 0 Å². The number of ketones is 1. The molecule has 0 spiro atoms. The number of amides is 1. The lowest BCUT2D eigenvalue weighted by Crippen LogP contribution is -2.18. The zero-order valence-electron chi connectivity index (χ0n) is 23.3. The Morgan fingerprint density at radius 3 is 2.51 bits per heavy atom. The van der Waals surface area contributed by atoms with Crippen LogP contribution in [0.25, 0.3) is 33.4 Å². The summed E-state index contributed by atoms with van der Waals surface area (Å²) >= 11 is 0. The van der Waals surface area contributed by atoms with Crippen LogP contribution in [-0.4, -0.2) is 34.9 Å². The molecule has 0 saturated heterocycles. The summed E-state index contributed by atoms with van der Waals surface area (Å²) in [6.45, 7) is 5.21. The number of nitrogens with one attached hydrogen (secondary N) is 1. The second-order valence-corrected chi connectivity index (χ2v) is 10.4. The third kappa shape index (κ3) is 6.38. The van der Waals surface area contributed by atoms with E-state index < -0.39 is 0 Å². The number of carbonyl (C=O) groups is 2. The van der Waals surface area contributed by atoms with Crippen LogP contribution >= 0.6 is 0 Å². The van der Waals surface area contributed by atoms with E-state index in [9.17, 15) is 14.0 Å². The Labute approximate surface area is 238 Å². The zero-order valence-corrected chi connectivity index (χ0v) is 23.3. The Balaban J connectivity index is 1.55. The van der Waals surface area contributed by atoms with Crippen LogP contribution in [0.3, 0.4) is 0 Å². The summed E-state index contributed by atoms with van der Waals surface area (Å²) in [4.78, 5) is 30.2. The fourth-order valence-electron chi connectivity index (χ4n) is 4.69. The summed E-state index contributed by atoms with van der Waals surface area (Å²) < 4.78 is 27.7. The van der Waals surface area contributed by atoms with Gasteiger partial charge >= 0.3 is 0 Å². The number of imidazole rings is 1. The number of halogens is 1. The lowest BCUT2D eigenvalue weighted by Gasteiger charge is -2.12. The minimum absolute atomic E-state index is 0.0500. The Bertz CT molecular complexity index is 1670. The first kappa shape index (κ1) is 27.8. The molecule has 0 saturated carbocycles. The van der Waals surface area contributed by atoms with Crippen molar-refractivity contribution in [3.05, 3.63) is 96.3 Å². The molecule has 0 fully saturated rings. The molecule has 0 radical (unpaired) electrons. The van der Waals surface area contributed by atoms with Gasteiger partial charge in [0.25, 0.3) is 5.91 Å². The van der Waals surface area contributed by atoms with Crippen LogP contribution < -0.4 is 10.1 Å². The first-order chi connectivity index (χ1) is 19.8. The van der Waals surface area contributed by atoms with Gasteiger partial charge in [-0.05, 0) is 78.1 Å². The van der Waals surface area contributed by atoms with Crippen molar-refractivity contribution in [2.75, 3.05) is 13.7 Å². The van der Waals surface area contributed by atoms with E-state index in [0.717, 1.165) is 17.5 Å². The number of rotatable bonds is 11. The van der Waals surface area contributed by atoms with Crippen LogP contribution in [0.2, 0.25) is 0 Å². The highest BCUT2D eigenvalue weighted by Gasteiger charge is 2.22. The number of aromatic nitrogens is 2. The van der Waals surface area contributed by atoms with Gasteiger partial charge in [0, 0.05) is 42.4 Å². The van der Waals surface area contributed by atoms with Crippen molar-refractivity contribution < 1.29 is 23.1 Å². The van der Waals surface area contributed by atoms with Crippen LogP contribution in [0.5, 0.6) is 5.75 Å². The molecule has 8 heteroatoms. The standard InChI is InChI=1S/C33H32FN3O4/c1-21(2)4-10-29(38)25-16-24(17-27(18-25)40-15-14-37-13-12-36-20-37)23-7-11-30-28(19-23)31(33(39)35-3)32(41-30)22-5-8-26(34)9-6-22/h5-9,11-13,16-21H,4,10,14-15H2,1-3H3,(H,35,39). The van der Waals surface area contributed by atoms with E-state index in [-0.39, 0.29) is 17.5 Å². The van der Waals surface area contributed by atoms with Gasteiger partial charge in [0.05, 0.1) is 18.4 Å². The molecule has 0 bridgehead atoms. The van der Waals surface area contributed by atoms with E-state index in [0.29, 0.717) is 64.7 Å². The molecule has 2 heterocycles. The van der Waals surface area contributed by atoms with Crippen LogP contribution in [0.4, 0.5) is 4.39 Å². The maximum Gasteiger partial charge on any atom is 0.255 e. The quantitative estimate of drug-likeness (QED) is 0.175. The van der Waals surface area contributed by atoms with E-state index >= 15 is 0 Å². The molecular formula is C33H32FN3O4. The van der Waals surface area contributed by atoms with Crippen molar-refractivity contribution in [1.82, 2.24) is 14.9 Å². The monoisotopic (exact) mass is 553 g/mol. The second kappa shape index (κ2) is 12.2. The highest BCUT2D eigenvalue weighted by molar-refractivity contribution is 6.12. The van der Waals surface area contributed by atoms with Gasteiger partial charge in [-0.25, -0.2) is 9.37 Å². The molecule has 0 aliphatic rings. The number of nitrogens with zero attached hydrogens (tertiary/aromatic N) is 2. The van der Waals surface area contributed by atoms with Crippen molar-refractivity contribution in [2.24, 2.45) is 5.92 Å². The lowest BCUT2D eigenvalue weighted by atomic mass is 9.96. The van der Waals surface area contributed by atoms with E-state index in [1.165, 1.54) is 12.1 Å². The average Bonchev–Trinajstić information content (AvgIpc) is 3.63. The summed E-state index contributed by atoms with van der Waals surface area (Å²) in [5.74, 6) is 0.712. The third-order valence-electron chi connectivity index (χ3n) is 6.94. The minimum atomic E-state index is -0.375. The molecule has 210 valence electrons. The van der Waals surface area contributed by atoms with Crippen LogP contribution in [0.15, 0.2) is 83.8 Å². The molecule has 5 aromatic rings. The highest BCUT2D eigenvalue weighted by atomic mass is 19.1. The Morgan fingerprint density at radius 1 is 1.02 bits per heavy atom. The predicted molar refractivity (Wildman–Crippen MR) is 157 cm³/mol. The zero-order chi connectivity index (χ0) is 28.9. The molecule has 3 aromatic carbocycles. The average molecular weight is 554 g/mol. The SMILES string of the molecule is CNC(=O)c1c(-c2ccc(F)cc2)oc2ccc(-c3cc(OCCn4ccnc4)cc(C(=O)CCC(C)C)c3)cc12. The number of benzene rings is 3. The van der Waals surface area contributed by atoms with Crippen molar-refractivity contribution >= 4 is 22.7 Å². The highest BCUT2D eigenvalue weighted by Crippen LogP contribution is 2.37. The smallest absolute Gasteiger partial charge is 0.255 e. The Hall–Kier alpha value is -4.72. The summed E-state index contributed by atoms with van der Waals surface area (Å²) in [5.41, 5.74) is 3.63. The summed E-state index contributed by atoms with van der Waals surface area (Å²) in [6.07, 6.45) is 6.55. The maximum atomic E-state index is 13.6. The van der Waals surface area contributed by atoms with Crippen molar-refractivity contribution in [3.8, 4) is 28.2 Å². The number of carbonyl (C=O) groups excluding carboxylic acids is 2. The molecule has 0 aliphatic carbocycles. The molecule has 1 N–H and O–H groups in total. The fraction of sp³-hybridized carbons (Fsp3) is 0.242. The van der Waals surface area contributed by atoms with Gasteiger partial charge in [-0.2, -0.15) is 0 Å². The topological polar surface area (TPSA) is 86.4 Å². The molecule has 1 amide bonds. The summed E-state index contributed by atoms with van der Waals surface area (Å²) in [7, 11) is 1.55. The molecule has 2 aromatic heterocycles. The number of hydrogen-bond donors (Lipinski definition) is 1. The van der Waals surface area contributed by atoms with E-state index in [1.54, 1.807) is 43.8 Å². The number of fused-ring (bicyclic) bond motifs is 1. The number of ether oxygens (including phenoxy) is 1. The molecule has 7 nitrogen and oxygen atoms in total. The molecule has 41 heavy (non-hydrogen) atoms. The fourth-order valence-corrected chi connectivity index (χ4v) is 4.69. The molecule has 0 unspecified atom stereocenters. The molecule has 0 atom stereocenters.